The highest BCUT2D eigenvalue weighted by atomic mass is 16.5. The molecule has 1 aliphatic rings. The fourth-order valence-electron chi connectivity index (χ4n) is 2.85. The van der Waals surface area contributed by atoms with E-state index in [0.717, 1.165) is 23.9 Å². The Morgan fingerprint density at radius 2 is 2.25 bits per heavy atom. The van der Waals surface area contributed by atoms with Crippen LogP contribution in [0.5, 0.6) is 0 Å². The summed E-state index contributed by atoms with van der Waals surface area (Å²) in [5, 5.41) is 10.4. The van der Waals surface area contributed by atoms with Crippen molar-refractivity contribution in [3.05, 3.63) is 34.3 Å². The Labute approximate surface area is 116 Å². The first-order valence-corrected chi connectivity index (χ1v) is 7.07. The predicted octanol–water partition coefficient (Wildman–Crippen LogP) is 2.22. The third-order valence-electron chi connectivity index (χ3n) is 3.97. The summed E-state index contributed by atoms with van der Waals surface area (Å²) in [6, 6.07) is 5.39. The molecule has 1 N–H and O–H groups in total. The number of aryl methyl sites for hydroxylation is 1. The van der Waals surface area contributed by atoms with Crippen LogP contribution < -0.4 is 5.76 Å². The highest BCUT2D eigenvalue weighted by Gasteiger charge is 2.29. The molecule has 1 aromatic carbocycles. The van der Waals surface area contributed by atoms with Crippen LogP contribution >= 0.6 is 0 Å². The second kappa shape index (κ2) is 5.07. The Morgan fingerprint density at radius 1 is 1.45 bits per heavy atom. The maximum absolute atomic E-state index is 11.7. The van der Waals surface area contributed by atoms with Crippen molar-refractivity contribution in [1.29, 1.82) is 0 Å². The van der Waals surface area contributed by atoms with E-state index >= 15 is 0 Å². The minimum Gasteiger partial charge on any atom is -0.408 e. The SMILES string of the molecule is CCn1c(=O)oc2cc(C(O)C3CCC(C)O3)ccc21. The lowest BCUT2D eigenvalue weighted by molar-refractivity contribution is -0.0297. The van der Waals surface area contributed by atoms with Crippen molar-refractivity contribution in [2.75, 3.05) is 0 Å². The number of hydrogen-bond donors (Lipinski definition) is 1. The number of benzene rings is 1. The normalized spacial score (nSPS) is 24.4. The van der Waals surface area contributed by atoms with Crippen LogP contribution in [0.2, 0.25) is 0 Å². The van der Waals surface area contributed by atoms with Crippen LogP contribution in [0.1, 0.15) is 38.4 Å². The number of aromatic nitrogens is 1. The maximum Gasteiger partial charge on any atom is 0.419 e. The van der Waals surface area contributed by atoms with E-state index < -0.39 is 6.10 Å². The quantitative estimate of drug-likeness (QED) is 0.934. The van der Waals surface area contributed by atoms with Gasteiger partial charge >= 0.3 is 5.76 Å². The molecule has 0 bridgehead atoms. The lowest BCUT2D eigenvalue weighted by Gasteiger charge is -2.18. The first-order valence-electron chi connectivity index (χ1n) is 7.07. The minimum absolute atomic E-state index is 0.178. The van der Waals surface area contributed by atoms with Gasteiger partial charge in [-0.05, 0) is 44.4 Å². The second-order valence-corrected chi connectivity index (χ2v) is 5.35. The highest BCUT2D eigenvalue weighted by molar-refractivity contribution is 5.73. The number of rotatable bonds is 3. The second-order valence-electron chi connectivity index (χ2n) is 5.35. The molecule has 0 aliphatic carbocycles. The molecule has 3 atom stereocenters. The van der Waals surface area contributed by atoms with E-state index in [0.29, 0.717) is 12.1 Å². The van der Waals surface area contributed by atoms with Gasteiger partial charge in [-0.3, -0.25) is 4.57 Å². The molecule has 5 nitrogen and oxygen atoms in total. The van der Waals surface area contributed by atoms with Crippen LogP contribution in [0, 0.1) is 0 Å². The molecular formula is C15H19NO4. The Balaban J connectivity index is 1.95. The van der Waals surface area contributed by atoms with E-state index in [2.05, 4.69) is 0 Å². The summed E-state index contributed by atoms with van der Waals surface area (Å²) in [7, 11) is 0. The van der Waals surface area contributed by atoms with E-state index in [1.165, 1.54) is 0 Å². The Hall–Kier alpha value is -1.59. The molecule has 0 saturated carbocycles. The number of fused-ring (bicyclic) bond motifs is 1. The number of hydrogen-bond acceptors (Lipinski definition) is 4. The van der Waals surface area contributed by atoms with Crippen LogP contribution in [-0.2, 0) is 11.3 Å². The van der Waals surface area contributed by atoms with Gasteiger partial charge in [-0.25, -0.2) is 4.79 Å². The average molecular weight is 277 g/mol. The monoisotopic (exact) mass is 277 g/mol. The van der Waals surface area contributed by atoms with Gasteiger partial charge in [-0.15, -0.1) is 0 Å². The zero-order valence-electron chi connectivity index (χ0n) is 11.7. The average Bonchev–Trinajstić information content (AvgIpc) is 2.99. The fraction of sp³-hybridized carbons (Fsp3) is 0.533. The molecule has 1 aliphatic heterocycles. The van der Waals surface area contributed by atoms with Gasteiger partial charge in [0.2, 0.25) is 0 Å². The van der Waals surface area contributed by atoms with E-state index in [-0.39, 0.29) is 18.0 Å². The molecule has 0 radical (unpaired) electrons. The molecule has 0 spiro atoms. The molecule has 1 aromatic heterocycles. The van der Waals surface area contributed by atoms with Crippen LogP contribution in [0.25, 0.3) is 11.1 Å². The zero-order chi connectivity index (χ0) is 14.3. The van der Waals surface area contributed by atoms with Gasteiger partial charge < -0.3 is 14.3 Å². The number of ether oxygens (including phenoxy) is 1. The molecule has 1 saturated heterocycles. The number of nitrogens with zero attached hydrogens (tertiary/aromatic N) is 1. The molecule has 3 unspecified atom stereocenters. The van der Waals surface area contributed by atoms with E-state index in [1.54, 1.807) is 10.6 Å². The van der Waals surface area contributed by atoms with Gasteiger partial charge in [-0.2, -0.15) is 0 Å². The van der Waals surface area contributed by atoms with Gasteiger partial charge in [0.25, 0.3) is 0 Å². The first kappa shape index (κ1) is 13.4. The van der Waals surface area contributed by atoms with Crippen molar-refractivity contribution < 1.29 is 14.3 Å². The zero-order valence-corrected chi connectivity index (χ0v) is 11.7. The molecule has 3 rings (SSSR count). The molecule has 2 heterocycles. The van der Waals surface area contributed by atoms with Gasteiger partial charge in [0.15, 0.2) is 5.58 Å². The molecule has 2 aromatic rings. The Morgan fingerprint density at radius 3 is 2.90 bits per heavy atom. The number of aliphatic hydroxyl groups excluding tert-OH is 1. The third-order valence-corrected chi connectivity index (χ3v) is 3.97. The molecular weight excluding hydrogens is 258 g/mol. The summed E-state index contributed by atoms with van der Waals surface area (Å²) in [5.74, 6) is -0.361. The van der Waals surface area contributed by atoms with E-state index in [1.807, 2.05) is 26.0 Å². The maximum atomic E-state index is 11.7. The molecule has 1 fully saturated rings. The van der Waals surface area contributed by atoms with Crippen LogP contribution in [0.3, 0.4) is 0 Å². The molecule has 20 heavy (non-hydrogen) atoms. The smallest absolute Gasteiger partial charge is 0.408 e. The van der Waals surface area contributed by atoms with Crippen molar-refractivity contribution in [2.24, 2.45) is 0 Å². The van der Waals surface area contributed by atoms with Gasteiger partial charge in [0.05, 0.1) is 17.7 Å². The van der Waals surface area contributed by atoms with Crippen molar-refractivity contribution in [3.8, 4) is 0 Å². The highest BCUT2D eigenvalue weighted by Crippen LogP contribution is 2.31. The van der Waals surface area contributed by atoms with Crippen molar-refractivity contribution in [3.63, 3.8) is 0 Å². The predicted molar refractivity (Wildman–Crippen MR) is 74.7 cm³/mol. The summed E-state index contributed by atoms with van der Waals surface area (Å²) in [6.45, 7) is 4.47. The van der Waals surface area contributed by atoms with Crippen LogP contribution in [0.15, 0.2) is 27.4 Å². The van der Waals surface area contributed by atoms with Gasteiger partial charge in [-0.1, -0.05) is 6.07 Å². The standard InChI is InChI=1S/C15H19NO4/c1-3-16-11-6-5-10(8-13(11)20-15(16)18)14(17)12-7-4-9(2)19-12/h5-6,8-9,12,14,17H,3-4,7H2,1-2H3. The summed E-state index contributed by atoms with van der Waals surface area (Å²) in [5.41, 5.74) is 2.00. The van der Waals surface area contributed by atoms with Gasteiger partial charge in [0.1, 0.15) is 6.10 Å². The van der Waals surface area contributed by atoms with Crippen LogP contribution in [-0.4, -0.2) is 21.9 Å². The summed E-state index contributed by atoms with van der Waals surface area (Å²) in [4.78, 5) is 11.7. The largest absolute Gasteiger partial charge is 0.419 e. The summed E-state index contributed by atoms with van der Waals surface area (Å²) < 4.78 is 12.5. The summed E-state index contributed by atoms with van der Waals surface area (Å²) >= 11 is 0. The summed E-state index contributed by atoms with van der Waals surface area (Å²) in [6.07, 6.45) is 1.14. The van der Waals surface area contributed by atoms with Crippen molar-refractivity contribution in [2.45, 2.75) is 51.5 Å². The fourth-order valence-corrected chi connectivity index (χ4v) is 2.85. The van der Waals surface area contributed by atoms with Crippen molar-refractivity contribution in [1.82, 2.24) is 4.57 Å². The molecule has 108 valence electrons. The van der Waals surface area contributed by atoms with Gasteiger partial charge in [0, 0.05) is 6.54 Å². The van der Waals surface area contributed by atoms with Crippen molar-refractivity contribution >= 4 is 11.1 Å². The Bertz CT molecular complexity index is 672. The Kier molecular flexibility index (Phi) is 3.40. The molecule has 0 amide bonds. The first-order chi connectivity index (χ1) is 9.60. The van der Waals surface area contributed by atoms with E-state index in [4.69, 9.17) is 9.15 Å². The third kappa shape index (κ3) is 2.17. The van der Waals surface area contributed by atoms with E-state index in [9.17, 15) is 9.90 Å². The lowest BCUT2D eigenvalue weighted by atomic mass is 10.0. The number of aliphatic hydroxyl groups is 1. The van der Waals surface area contributed by atoms with Crippen LogP contribution in [0.4, 0.5) is 0 Å². The minimum atomic E-state index is -0.681. The molecule has 5 heteroatoms. The number of oxazole rings is 1. The topological polar surface area (TPSA) is 64.6 Å². The lowest BCUT2D eigenvalue weighted by Crippen LogP contribution is -2.18.